The highest BCUT2D eigenvalue weighted by molar-refractivity contribution is 5.94. The molecule has 1 fully saturated rings. The molecule has 1 aromatic carbocycles. The van der Waals surface area contributed by atoms with Gasteiger partial charge < -0.3 is 4.90 Å². The van der Waals surface area contributed by atoms with E-state index in [1.54, 1.807) is 4.90 Å². The fraction of sp³-hybridized carbons (Fsp3) is 0.417. The molecule has 0 aromatic heterocycles. The maximum atomic E-state index is 12.7. The number of benzene rings is 1. The van der Waals surface area contributed by atoms with Gasteiger partial charge in [-0.05, 0) is 30.7 Å². The van der Waals surface area contributed by atoms with Crippen LogP contribution in [0, 0.1) is 5.82 Å². The summed E-state index contributed by atoms with van der Waals surface area (Å²) in [5, 5.41) is 4.26. The third-order valence-electron chi connectivity index (χ3n) is 2.65. The molecule has 0 spiro atoms. The Balaban J connectivity index is 2.08. The second-order valence-corrected chi connectivity index (χ2v) is 3.82. The minimum Gasteiger partial charge on any atom is -0.337 e. The Morgan fingerprint density at radius 2 is 1.94 bits per heavy atom. The first-order valence-corrected chi connectivity index (χ1v) is 5.45. The minimum atomic E-state index is -0.317. The molecule has 85 valence electrons. The smallest absolute Gasteiger partial charge is 0.253 e. The molecule has 3 nitrogen and oxygen atoms in total. The van der Waals surface area contributed by atoms with Crippen LogP contribution >= 0.6 is 0 Å². The van der Waals surface area contributed by atoms with Gasteiger partial charge in [-0.15, -0.1) is 0 Å². The molecule has 1 saturated heterocycles. The molecule has 1 heterocycles. The van der Waals surface area contributed by atoms with Gasteiger partial charge in [0.05, 0.1) is 0 Å². The van der Waals surface area contributed by atoms with Crippen LogP contribution in [0.4, 0.5) is 4.39 Å². The highest BCUT2D eigenvalue weighted by atomic mass is 19.1. The molecule has 2 rings (SSSR count). The predicted molar refractivity (Wildman–Crippen MR) is 58.8 cm³/mol. The SMILES string of the molecule is O=C(c1ccc(F)cc1)N1CCC[N]CC1. The summed E-state index contributed by atoms with van der Waals surface area (Å²) in [5.41, 5.74) is 0.545. The minimum absolute atomic E-state index is 0.0305. The Morgan fingerprint density at radius 1 is 1.19 bits per heavy atom. The number of carbonyl (C=O) groups excluding carboxylic acids is 1. The van der Waals surface area contributed by atoms with Crippen LogP contribution in [0.5, 0.6) is 0 Å². The fourth-order valence-electron chi connectivity index (χ4n) is 1.77. The second-order valence-electron chi connectivity index (χ2n) is 3.82. The summed E-state index contributed by atoms with van der Waals surface area (Å²) >= 11 is 0. The quantitative estimate of drug-likeness (QED) is 0.703. The average Bonchev–Trinajstić information content (AvgIpc) is 2.57. The molecular formula is C12H14FN2O. The van der Waals surface area contributed by atoms with Crippen LogP contribution in [-0.4, -0.2) is 37.0 Å². The first-order valence-electron chi connectivity index (χ1n) is 5.45. The topological polar surface area (TPSA) is 34.4 Å². The van der Waals surface area contributed by atoms with Gasteiger partial charge in [-0.1, -0.05) is 0 Å². The standard InChI is InChI=1S/C12H14FN2O/c13-11-4-2-10(3-5-11)12(16)15-8-1-6-14-7-9-15/h2-5H,1,6-9H2. The van der Waals surface area contributed by atoms with Crippen LogP contribution in [0.25, 0.3) is 0 Å². The number of rotatable bonds is 1. The lowest BCUT2D eigenvalue weighted by Crippen LogP contribution is -2.33. The van der Waals surface area contributed by atoms with Gasteiger partial charge in [0.25, 0.3) is 5.91 Å². The van der Waals surface area contributed by atoms with Crippen LogP contribution in [0.15, 0.2) is 24.3 Å². The lowest BCUT2D eigenvalue weighted by molar-refractivity contribution is 0.0766. The first-order chi connectivity index (χ1) is 7.77. The van der Waals surface area contributed by atoms with E-state index in [0.717, 1.165) is 19.5 Å². The molecule has 1 radical (unpaired) electrons. The predicted octanol–water partition coefficient (Wildman–Crippen LogP) is 1.28. The first kappa shape index (κ1) is 11.1. The summed E-state index contributed by atoms with van der Waals surface area (Å²) in [5.74, 6) is -0.348. The van der Waals surface area contributed by atoms with Gasteiger partial charge >= 0.3 is 0 Å². The molecule has 0 aliphatic carbocycles. The van der Waals surface area contributed by atoms with E-state index in [0.29, 0.717) is 18.7 Å². The van der Waals surface area contributed by atoms with E-state index in [9.17, 15) is 9.18 Å². The maximum absolute atomic E-state index is 12.7. The molecule has 0 atom stereocenters. The van der Waals surface area contributed by atoms with Crippen LogP contribution in [0.2, 0.25) is 0 Å². The van der Waals surface area contributed by atoms with E-state index in [-0.39, 0.29) is 11.7 Å². The molecule has 0 unspecified atom stereocenters. The molecule has 0 bridgehead atoms. The summed E-state index contributed by atoms with van der Waals surface area (Å²) < 4.78 is 12.7. The maximum Gasteiger partial charge on any atom is 0.253 e. The van der Waals surface area contributed by atoms with Crippen molar-refractivity contribution in [1.82, 2.24) is 10.2 Å². The van der Waals surface area contributed by atoms with E-state index >= 15 is 0 Å². The Bertz CT molecular complexity index is 356. The van der Waals surface area contributed by atoms with Gasteiger partial charge in [-0.25, -0.2) is 9.71 Å². The number of carbonyl (C=O) groups is 1. The van der Waals surface area contributed by atoms with Gasteiger partial charge in [-0.2, -0.15) is 0 Å². The summed E-state index contributed by atoms with van der Waals surface area (Å²) in [4.78, 5) is 13.8. The van der Waals surface area contributed by atoms with E-state index in [4.69, 9.17) is 0 Å². The van der Waals surface area contributed by atoms with Gasteiger partial charge in [0.15, 0.2) is 0 Å². The second kappa shape index (κ2) is 5.07. The Kier molecular flexibility index (Phi) is 3.51. The van der Waals surface area contributed by atoms with Crippen molar-refractivity contribution < 1.29 is 9.18 Å². The van der Waals surface area contributed by atoms with Crippen LogP contribution in [0.1, 0.15) is 16.8 Å². The van der Waals surface area contributed by atoms with Crippen molar-refractivity contribution in [2.45, 2.75) is 6.42 Å². The van der Waals surface area contributed by atoms with Crippen molar-refractivity contribution in [2.75, 3.05) is 26.2 Å². The number of nitrogens with zero attached hydrogens (tertiary/aromatic N) is 2. The molecule has 1 aliphatic heterocycles. The molecule has 16 heavy (non-hydrogen) atoms. The third kappa shape index (κ3) is 2.58. The fourth-order valence-corrected chi connectivity index (χ4v) is 1.77. The lowest BCUT2D eigenvalue weighted by Gasteiger charge is -2.19. The van der Waals surface area contributed by atoms with Crippen molar-refractivity contribution >= 4 is 5.91 Å². The number of hydrogen-bond acceptors (Lipinski definition) is 1. The normalized spacial score (nSPS) is 16.9. The molecule has 0 N–H and O–H groups in total. The zero-order chi connectivity index (χ0) is 11.4. The van der Waals surface area contributed by atoms with Gasteiger partial charge in [0.1, 0.15) is 5.82 Å². The number of halogens is 1. The van der Waals surface area contributed by atoms with E-state index in [2.05, 4.69) is 5.32 Å². The molecule has 4 heteroatoms. The highest BCUT2D eigenvalue weighted by Crippen LogP contribution is 2.08. The third-order valence-corrected chi connectivity index (χ3v) is 2.65. The monoisotopic (exact) mass is 221 g/mol. The molecule has 1 amide bonds. The van der Waals surface area contributed by atoms with E-state index in [1.165, 1.54) is 24.3 Å². The van der Waals surface area contributed by atoms with Crippen molar-refractivity contribution in [3.05, 3.63) is 35.6 Å². The summed E-state index contributed by atoms with van der Waals surface area (Å²) in [6, 6.07) is 5.68. The van der Waals surface area contributed by atoms with Gasteiger partial charge in [0.2, 0.25) is 0 Å². The Morgan fingerprint density at radius 3 is 2.69 bits per heavy atom. The molecule has 1 aromatic rings. The van der Waals surface area contributed by atoms with Crippen LogP contribution < -0.4 is 5.32 Å². The Hall–Kier alpha value is -1.42. The van der Waals surface area contributed by atoms with Crippen LogP contribution in [-0.2, 0) is 0 Å². The number of amides is 1. The molecule has 1 aliphatic rings. The summed E-state index contributed by atoms with van der Waals surface area (Å²) in [6.07, 6.45) is 0.910. The van der Waals surface area contributed by atoms with Crippen LogP contribution in [0.3, 0.4) is 0 Å². The summed E-state index contributed by atoms with van der Waals surface area (Å²) in [6.45, 7) is 2.93. The van der Waals surface area contributed by atoms with Crippen molar-refractivity contribution in [3.8, 4) is 0 Å². The zero-order valence-electron chi connectivity index (χ0n) is 9.03. The van der Waals surface area contributed by atoms with Gasteiger partial charge in [-0.3, -0.25) is 4.79 Å². The van der Waals surface area contributed by atoms with E-state index in [1.807, 2.05) is 0 Å². The van der Waals surface area contributed by atoms with Gasteiger partial charge in [0, 0.05) is 31.7 Å². The lowest BCUT2D eigenvalue weighted by atomic mass is 10.2. The Labute approximate surface area is 94.3 Å². The van der Waals surface area contributed by atoms with E-state index < -0.39 is 0 Å². The van der Waals surface area contributed by atoms with Crippen molar-refractivity contribution in [2.24, 2.45) is 0 Å². The average molecular weight is 221 g/mol. The highest BCUT2D eigenvalue weighted by Gasteiger charge is 2.16. The zero-order valence-corrected chi connectivity index (χ0v) is 9.03. The van der Waals surface area contributed by atoms with Crippen molar-refractivity contribution in [3.63, 3.8) is 0 Å². The largest absolute Gasteiger partial charge is 0.337 e. The number of hydrogen-bond donors (Lipinski definition) is 0. The van der Waals surface area contributed by atoms with Crippen molar-refractivity contribution in [1.29, 1.82) is 0 Å². The molecular weight excluding hydrogens is 207 g/mol. The summed E-state index contributed by atoms with van der Waals surface area (Å²) in [7, 11) is 0. The molecule has 0 saturated carbocycles.